The lowest BCUT2D eigenvalue weighted by Gasteiger charge is -2.26. The number of nitrogen functional groups attached to an aromatic ring is 1. The molecule has 1 aromatic carbocycles. The van der Waals surface area contributed by atoms with Gasteiger partial charge in [0.1, 0.15) is 5.75 Å². The van der Waals surface area contributed by atoms with Crippen LogP contribution in [0.25, 0.3) is 0 Å². The van der Waals surface area contributed by atoms with Crippen molar-refractivity contribution in [3.05, 3.63) is 23.3 Å². The summed E-state index contributed by atoms with van der Waals surface area (Å²) in [6.45, 7) is 8.91. The Balaban J connectivity index is 1.77. The van der Waals surface area contributed by atoms with Gasteiger partial charge in [-0.3, -0.25) is 4.90 Å². The second kappa shape index (κ2) is 5.85. The molecule has 2 N–H and O–H groups in total. The number of ether oxygens (including phenoxy) is 2. The molecular weight excluding hydrogens is 264 g/mol. The summed E-state index contributed by atoms with van der Waals surface area (Å²) in [4.78, 5) is 2.53. The third-order valence-electron chi connectivity index (χ3n) is 4.64. The van der Waals surface area contributed by atoms with Crippen molar-refractivity contribution in [1.82, 2.24) is 4.90 Å². The molecule has 0 bridgehead atoms. The predicted octanol–water partition coefficient (Wildman–Crippen LogP) is 3.15. The molecular formula is C17H26N2O2. The summed E-state index contributed by atoms with van der Waals surface area (Å²) >= 11 is 0. The lowest BCUT2D eigenvalue weighted by molar-refractivity contribution is -0.0174. The van der Waals surface area contributed by atoms with Crippen molar-refractivity contribution < 1.29 is 9.47 Å². The second-order valence-corrected chi connectivity index (χ2v) is 7.07. The Morgan fingerprint density at radius 2 is 2.10 bits per heavy atom. The van der Waals surface area contributed by atoms with Crippen LogP contribution in [0, 0.1) is 5.41 Å². The molecule has 0 amide bonds. The highest BCUT2D eigenvalue weighted by atomic mass is 16.7. The van der Waals surface area contributed by atoms with E-state index in [1.54, 1.807) is 0 Å². The number of benzene rings is 1. The van der Waals surface area contributed by atoms with Crippen molar-refractivity contribution >= 4 is 5.69 Å². The van der Waals surface area contributed by atoms with Crippen LogP contribution >= 0.6 is 0 Å². The first-order chi connectivity index (χ1) is 10.0. The van der Waals surface area contributed by atoms with E-state index in [2.05, 4.69) is 24.8 Å². The molecule has 21 heavy (non-hydrogen) atoms. The van der Waals surface area contributed by atoms with Crippen molar-refractivity contribution in [3.63, 3.8) is 0 Å². The number of fused-ring (bicyclic) bond motifs is 1. The third-order valence-corrected chi connectivity index (χ3v) is 4.64. The number of likely N-dealkylation sites (tertiary alicyclic amines) is 1. The maximum atomic E-state index is 6.03. The van der Waals surface area contributed by atoms with E-state index in [-0.39, 0.29) is 0 Å². The van der Waals surface area contributed by atoms with Gasteiger partial charge in [0.05, 0.1) is 6.61 Å². The summed E-state index contributed by atoms with van der Waals surface area (Å²) in [5.74, 6) is 0.985. The van der Waals surface area contributed by atoms with Gasteiger partial charge in [-0.2, -0.15) is 0 Å². The molecule has 4 heteroatoms. The highest BCUT2D eigenvalue weighted by Crippen LogP contribution is 2.34. The number of hydrogen-bond acceptors (Lipinski definition) is 4. The van der Waals surface area contributed by atoms with E-state index in [1.807, 2.05) is 6.07 Å². The molecule has 0 atom stereocenters. The van der Waals surface area contributed by atoms with Crippen LogP contribution in [0.15, 0.2) is 12.1 Å². The summed E-state index contributed by atoms with van der Waals surface area (Å²) < 4.78 is 11.1. The maximum Gasteiger partial charge on any atom is 0.189 e. The van der Waals surface area contributed by atoms with Gasteiger partial charge in [-0.25, -0.2) is 0 Å². The highest BCUT2D eigenvalue weighted by Gasteiger charge is 2.24. The minimum Gasteiger partial charge on any atom is -0.467 e. The van der Waals surface area contributed by atoms with E-state index in [4.69, 9.17) is 15.2 Å². The minimum atomic E-state index is 0.344. The van der Waals surface area contributed by atoms with Gasteiger partial charge in [0, 0.05) is 23.4 Å². The van der Waals surface area contributed by atoms with Crippen LogP contribution in [0.5, 0.6) is 5.75 Å². The Labute approximate surface area is 127 Å². The zero-order valence-corrected chi connectivity index (χ0v) is 13.2. The Hall–Kier alpha value is -1.26. The first-order valence-electron chi connectivity index (χ1n) is 7.88. The van der Waals surface area contributed by atoms with E-state index in [0.29, 0.717) is 18.8 Å². The van der Waals surface area contributed by atoms with Crippen LogP contribution < -0.4 is 10.5 Å². The smallest absolute Gasteiger partial charge is 0.189 e. The quantitative estimate of drug-likeness (QED) is 0.850. The number of anilines is 1. The number of nitrogens with two attached hydrogens (primary N) is 1. The van der Waals surface area contributed by atoms with E-state index < -0.39 is 0 Å². The first-order valence-corrected chi connectivity index (χ1v) is 7.88. The van der Waals surface area contributed by atoms with Gasteiger partial charge in [0.15, 0.2) is 6.79 Å². The monoisotopic (exact) mass is 290 g/mol. The van der Waals surface area contributed by atoms with Crippen LogP contribution in [-0.4, -0.2) is 24.8 Å². The molecule has 2 aliphatic heterocycles. The maximum absolute atomic E-state index is 6.03. The largest absolute Gasteiger partial charge is 0.467 e. The van der Waals surface area contributed by atoms with Crippen LogP contribution in [0.3, 0.4) is 0 Å². The summed E-state index contributed by atoms with van der Waals surface area (Å²) in [5, 5.41) is 0. The Morgan fingerprint density at radius 1 is 1.24 bits per heavy atom. The molecule has 0 aromatic heterocycles. The summed E-state index contributed by atoms with van der Waals surface area (Å²) in [6.07, 6.45) is 3.83. The van der Waals surface area contributed by atoms with Crippen molar-refractivity contribution in [3.8, 4) is 5.75 Å². The minimum absolute atomic E-state index is 0.344. The number of rotatable bonds is 2. The van der Waals surface area contributed by atoms with Gasteiger partial charge in [-0.15, -0.1) is 0 Å². The predicted molar refractivity (Wildman–Crippen MR) is 84.0 cm³/mol. The van der Waals surface area contributed by atoms with Crippen LogP contribution in [0.1, 0.15) is 44.2 Å². The Kier molecular flexibility index (Phi) is 4.09. The molecule has 2 aliphatic rings. The van der Waals surface area contributed by atoms with Gasteiger partial charge in [-0.1, -0.05) is 13.8 Å². The van der Waals surface area contributed by atoms with Crippen molar-refractivity contribution in [2.75, 3.05) is 25.6 Å². The zero-order chi connectivity index (χ0) is 14.9. The normalized spacial score (nSPS) is 22.2. The first kappa shape index (κ1) is 14.7. The molecule has 1 saturated heterocycles. The van der Waals surface area contributed by atoms with E-state index in [9.17, 15) is 0 Å². The van der Waals surface area contributed by atoms with E-state index in [0.717, 1.165) is 36.6 Å². The molecule has 4 nitrogen and oxygen atoms in total. The average Bonchev–Trinajstić information content (AvgIpc) is 2.60. The van der Waals surface area contributed by atoms with E-state index >= 15 is 0 Å². The fraction of sp³-hybridized carbons (Fsp3) is 0.647. The summed E-state index contributed by atoms with van der Waals surface area (Å²) in [7, 11) is 0. The van der Waals surface area contributed by atoms with Crippen LogP contribution in [0.4, 0.5) is 5.69 Å². The Morgan fingerprint density at radius 3 is 2.95 bits per heavy atom. The summed E-state index contributed by atoms with van der Waals surface area (Å²) in [6, 6.07) is 4.02. The molecule has 0 unspecified atom stereocenters. The van der Waals surface area contributed by atoms with Crippen LogP contribution in [0.2, 0.25) is 0 Å². The number of hydrogen-bond donors (Lipinski definition) is 1. The molecule has 1 aromatic rings. The topological polar surface area (TPSA) is 47.7 Å². The molecule has 0 aliphatic carbocycles. The SMILES string of the molecule is CC1(C)CCCN(Cc2cc(N)cc3c2OCOC3)CC1. The number of nitrogens with zero attached hydrogens (tertiary/aromatic N) is 1. The molecule has 2 heterocycles. The lowest BCUT2D eigenvalue weighted by Crippen LogP contribution is -2.26. The zero-order valence-electron chi connectivity index (χ0n) is 13.2. The fourth-order valence-electron chi connectivity index (χ4n) is 3.32. The third kappa shape index (κ3) is 3.50. The molecule has 0 radical (unpaired) electrons. The standard InChI is InChI=1S/C17H26N2O2/c1-17(2)4-3-6-19(7-5-17)10-13-8-15(18)9-14-11-20-12-21-16(13)14/h8-9H,3-7,10-12,18H2,1-2H3. The highest BCUT2D eigenvalue weighted by molar-refractivity contribution is 5.53. The van der Waals surface area contributed by atoms with Gasteiger partial charge < -0.3 is 15.2 Å². The van der Waals surface area contributed by atoms with Gasteiger partial charge >= 0.3 is 0 Å². The molecule has 3 rings (SSSR count). The molecule has 1 fully saturated rings. The van der Waals surface area contributed by atoms with Crippen molar-refractivity contribution in [2.24, 2.45) is 5.41 Å². The van der Waals surface area contributed by atoms with Gasteiger partial charge in [0.25, 0.3) is 0 Å². The molecule has 0 saturated carbocycles. The molecule has 116 valence electrons. The average molecular weight is 290 g/mol. The van der Waals surface area contributed by atoms with Crippen LogP contribution in [-0.2, 0) is 17.9 Å². The van der Waals surface area contributed by atoms with Crippen molar-refractivity contribution in [2.45, 2.75) is 46.3 Å². The molecule has 0 spiro atoms. The summed E-state index contributed by atoms with van der Waals surface area (Å²) in [5.41, 5.74) is 9.57. The lowest BCUT2D eigenvalue weighted by atomic mass is 9.85. The van der Waals surface area contributed by atoms with Gasteiger partial charge in [-0.05, 0) is 49.9 Å². The Bertz CT molecular complexity index is 514. The fourth-order valence-corrected chi connectivity index (χ4v) is 3.32. The second-order valence-electron chi connectivity index (χ2n) is 7.07. The van der Waals surface area contributed by atoms with E-state index in [1.165, 1.54) is 24.8 Å². The van der Waals surface area contributed by atoms with Crippen molar-refractivity contribution in [1.29, 1.82) is 0 Å². The van der Waals surface area contributed by atoms with Gasteiger partial charge in [0.2, 0.25) is 0 Å².